The third kappa shape index (κ3) is 4.84. The number of nitrogens with one attached hydrogen (secondary N) is 1. The lowest BCUT2D eigenvalue weighted by molar-refractivity contribution is -0.137. The first-order valence-electron chi connectivity index (χ1n) is 8.71. The lowest BCUT2D eigenvalue weighted by atomic mass is 10.1. The number of hydrogen-bond acceptors (Lipinski definition) is 3. The zero-order valence-corrected chi connectivity index (χ0v) is 15.1. The molecule has 3 rings (SSSR count). The van der Waals surface area contributed by atoms with Crippen molar-refractivity contribution >= 4 is 23.0 Å². The van der Waals surface area contributed by atoms with Gasteiger partial charge in [-0.25, -0.2) is 9.78 Å². The van der Waals surface area contributed by atoms with Crippen molar-refractivity contribution in [2.75, 3.05) is 13.6 Å². The van der Waals surface area contributed by atoms with E-state index in [0.29, 0.717) is 13.1 Å². The number of carboxylic acids is 1. The summed E-state index contributed by atoms with van der Waals surface area (Å²) >= 11 is 0. The smallest absolute Gasteiger partial charge is 0.317 e. The van der Waals surface area contributed by atoms with Crippen molar-refractivity contribution in [3.63, 3.8) is 0 Å². The minimum atomic E-state index is -0.922. The Morgan fingerprint density at radius 2 is 1.93 bits per heavy atom. The van der Waals surface area contributed by atoms with Crippen LogP contribution >= 0.6 is 0 Å². The highest BCUT2D eigenvalue weighted by Crippen LogP contribution is 2.15. The van der Waals surface area contributed by atoms with Gasteiger partial charge in [0, 0.05) is 26.7 Å². The Kier molecular flexibility index (Phi) is 5.71. The summed E-state index contributed by atoms with van der Waals surface area (Å²) in [6, 6.07) is 15.7. The monoisotopic (exact) mass is 366 g/mol. The highest BCUT2D eigenvalue weighted by Gasteiger charge is 2.10. The fourth-order valence-corrected chi connectivity index (χ4v) is 2.85. The Bertz CT molecular complexity index is 951. The molecule has 1 heterocycles. The molecule has 7 nitrogen and oxygen atoms in total. The molecule has 2 N–H and O–H groups in total. The molecule has 0 aliphatic rings. The molecule has 0 aliphatic carbocycles. The Hall–Kier alpha value is -3.35. The van der Waals surface area contributed by atoms with Gasteiger partial charge in [0.15, 0.2) is 0 Å². The molecule has 2 aromatic carbocycles. The van der Waals surface area contributed by atoms with E-state index < -0.39 is 5.97 Å². The zero-order chi connectivity index (χ0) is 19.2. The van der Waals surface area contributed by atoms with E-state index in [-0.39, 0.29) is 19.0 Å². The standard InChI is InChI=1S/C20H22N4O3/c1-23(10-9-19(25)26)20(27)21-12-15-5-4-6-16(11-15)13-24-14-22-17-7-2-3-8-18(17)24/h2-8,11,14H,9-10,12-13H2,1H3,(H,21,27)(H,25,26). The zero-order valence-electron chi connectivity index (χ0n) is 15.1. The third-order valence-corrected chi connectivity index (χ3v) is 4.32. The van der Waals surface area contributed by atoms with Crippen LogP contribution in [0.15, 0.2) is 54.9 Å². The number of aliphatic carboxylic acids is 1. The summed E-state index contributed by atoms with van der Waals surface area (Å²) in [6.07, 6.45) is 1.76. The van der Waals surface area contributed by atoms with Gasteiger partial charge < -0.3 is 19.9 Å². The van der Waals surface area contributed by atoms with Gasteiger partial charge in [-0.05, 0) is 23.3 Å². The Labute approximate surface area is 157 Å². The molecule has 0 aliphatic heterocycles. The molecular formula is C20H22N4O3. The SMILES string of the molecule is CN(CCC(=O)O)C(=O)NCc1cccc(Cn2cnc3ccccc32)c1. The summed E-state index contributed by atoms with van der Waals surface area (Å²) in [5.41, 5.74) is 4.14. The predicted octanol–water partition coefficient (Wildman–Crippen LogP) is 2.70. The molecule has 27 heavy (non-hydrogen) atoms. The van der Waals surface area contributed by atoms with E-state index in [1.54, 1.807) is 7.05 Å². The third-order valence-electron chi connectivity index (χ3n) is 4.32. The van der Waals surface area contributed by atoms with E-state index in [2.05, 4.69) is 14.9 Å². The average molecular weight is 366 g/mol. The fraction of sp³-hybridized carbons (Fsp3) is 0.250. The molecule has 0 atom stereocenters. The van der Waals surface area contributed by atoms with Crippen molar-refractivity contribution in [3.05, 3.63) is 66.0 Å². The van der Waals surface area contributed by atoms with Crippen molar-refractivity contribution in [1.82, 2.24) is 19.8 Å². The number of carboxylic acid groups (broad SMARTS) is 1. The summed E-state index contributed by atoms with van der Waals surface area (Å²) in [5, 5.41) is 11.5. The Morgan fingerprint density at radius 3 is 2.74 bits per heavy atom. The molecule has 3 aromatic rings. The second-order valence-electron chi connectivity index (χ2n) is 6.41. The molecule has 0 bridgehead atoms. The maximum atomic E-state index is 12.0. The van der Waals surface area contributed by atoms with Crippen molar-refractivity contribution in [2.45, 2.75) is 19.5 Å². The van der Waals surface area contributed by atoms with E-state index in [1.165, 1.54) is 4.90 Å². The van der Waals surface area contributed by atoms with E-state index in [1.807, 2.05) is 54.9 Å². The van der Waals surface area contributed by atoms with Crippen molar-refractivity contribution in [1.29, 1.82) is 0 Å². The Balaban J connectivity index is 1.60. The van der Waals surface area contributed by atoms with Gasteiger partial charge in [-0.2, -0.15) is 0 Å². The summed E-state index contributed by atoms with van der Waals surface area (Å²) < 4.78 is 2.09. The first kappa shape index (κ1) is 18.4. The van der Waals surface area contributed by atoms with Crippen LogP contribution in [0.2, 0.25) is 0 Å². The first-order chi connectivity index (χ1) is 13.0. The quantitative estimate of drug-likeness (QED) is 0.673. The van der Waals surface area contributed by atoms with Crippen LogP contribution in [0.1, 0.15) is 17.5 Å². The minimum absolute atomic E-state index is 0.0712. The number of carbonyl (C=O) groups is 2. The number of imidazole rings is 1. The minimum Gasteiger partial charge on any atom is -0.481 e. The van der Waals surface area contributed by atoms with Gasteiger partial charge in [-0.15, -0.1) is 0 Å². The molecule has 0 unspecified atom stereocenters. The van der Waals surface area contributed by atoms with Gasteiger partial charge in [0.2, 0.25) is 0 Å². The number of carbonyl (C=O) groups excluding carboxylic acids is 1. The van der Waals surface area contributed by atoms with Gasteiger partial charge in [-0.1, -0.05) is 36.4 Å². The largest absolute Gasteiger partial charge is 0.481 e. The molecule has 2 amide bonds. The topological polar surface area (TPSA) is 87.5 Å². The summed E-state index contributed by atoms with van der Waals surface area (Å²) in [5.74, 6) is -0.922. The lowest BCUT2D eigenvalue weighted by Crippen LogP contribution is -2.38. The lowest BCUT2D eigenvalue weighted by Gasteiger charge is -2.17. The normalized spacial score (nSPS) is 10.7. The number of aromatic nitrogens is 2. The second kappa shape index (κ2) is 8.35. The van der Waals surface area contributed by atoms with Crippen molar-refractivity contribution < 1.29 is 14.7 Å². The summed E-state index contributed by atoms with van der Waals surface area (Å²) in [7, 11) is 1.58. The first-order valence-corrected chi connectivity index (χ1v) is 8.71. The average Bonchev–Trinajstić information content (AvgIpc) is 3.07. The van der Waals surface area contributed by atoms with Crippen LogP contribution in [-0.4, -0.2) is 45.2 Å². The number of urea groups is 1. The van der Waals surface area contributed by atoms with Crippen molar-refractivity contribution in [3.8, 4) is 0 Å². The number of fused-ring (bicyclic) bond motifs is 1. The van der Waals surface area contributed by atoms with Crippen molar-refractivity contribution in [2.24, 2.45) is 0 Å². The molecule has 1 aromatic heterocycles. The van der Waals surface area contributed by atoms with E-state index >= 15 is 0 Å². The highest BCUT2D eigenvalue weighted by molar-refractivity contribution is 5.75. The van der Waals surface area contributed by atoms with Crippen LogP contribution in [0, 0.1) is 0 Å². The molecule has 0 saturated heterocycles. The van der Waals surface area contributed by atoms with Crippen LogP contribution in [0.25, 0.3) is 11.0 Å². The molecule has 0 spiro atoms. The summed E-state index contributed by atoms with van der Waals surface area (Å²) in [4.78, 5) is 28.4. The number of para-hydroxylation sites is 2. The maximum Gasteiger partial charge on any atom is 0.317 e. The van der Waals surface area contributed by atoms with Crippen LogP contribution in [0.4, 0.5) is 4.79 Å². The van der Waals surface area contributed by atoms with Crippen LogP contribution in [0.5, 0.6) is 0 Å². The van der Waals surface area contributed by atoms with Crippen LogP contribution in [-0.2, 0) is 17.9 Å². The number of hydrogen-bond donors (Lipinski definition) is 2. The van der Waals surface area contributed by atoms with Gasteiger partial charge in [-0.3, -0.25) is 4.79 Å². The number of amides is 2. The number of benzene rings is 2. The molecule has 0 radical (unpaired) electrons. The number of rotatable bonds is 7. The van der Waals surface area contributed by atoms with E-state index in [0.717, 1.165) is 22.2 Å². The highest BCUT2D eigenvalue weighted by atomic mass is 16.4. The van der Waals surface area contributed by atoms with Crippen LogP contribution in [0.3, 0.4) is 0 Å². The van der Waals surface area contributed by atoms with Crippen LogP contribution < -0.4 is 5.32 Å². The second-order valence-corrected chi connectivity index (χ2v) is 6.41. The van der Waals surface area contributed by atoms with E-state index in [9.17, 15) is 9.59 Å². The van der Waals surface area contributed by atoms with E-state index in [4.69, 9.17) is 5.11 Å². The van der Waals surface area contributed by atoms with Gasteiger partial charge in [0.25, 0.3) is 0 Å². The Morgan fingerprint density at radius 1 is 1.15 bits per heavy atom. The summed E-state index contributed by atoms with van der Waals surface area (Å²) in [6.45, 7) is 1.25. The molecular weight excluding hydrogens is 344 g/mol. The molecule has 0 saturated carbocycles. The number of nitrogens with zero attached hydrogens (tertiary/aromatic N) is 3. The molecule has 140 valence electrons. The van der Waals surface area contributed by atoms with Gasteiger partial charge in [0.1, 0.15) is 0 Å². The predicted molar refractivity (Wildman–Crippen MR) is 102 cm³/mol. The fourth-order valence-electron chi connectivity index (χ4n) is 2.85. The van der Waals surface area contributed by atoms with Gasteiger partial charge in [0.05, 0.1) is 23.8 Å². The maximum absolute atomic E-state index is 12.0. The molecule has 0 fully saturated rings. The molecule has 7 heteroatoms. The van der Waals surface area contributed by atoms with Gasteiger partial charge >= 0.3 is 12.0 Å².